The van der Waals surface area contributed by atoms with Gasteiger partial charge in [-0.15, -0.1) is 0 Å². The molecule has 0 bridgehead atoms. The molecule has 0 radical (unpaired) electrons. The zero-order chi connectivity index (χ0) is 25.6. The summed E-state index contributed by atoms with van der Waals surface area (Å²) in [6.45, 7) is 7.85. The third kappa shape index (κ3) is 4.21. The van der Waals surface area contributed by atoms with Gasteiger partial charge in [0.15, 0.2) is 11.2 Å². The van der Waals surface area contributed by atoms with Crippen LogP contribution in [0.5, 0.6) is 0 Å². The molecular weight excluding hydrogens is 456 g/mol. The second kappa shape index (κ2) is 9.34. The summed E-state index contributed by atoms with van der Waals surface area (Å²) in [6.07, 6.45) is 3.97. The SMILES string of the molecule is CC(C)=CCn1c(N2CCC[C@@H](N)C2)nc2c1c(=O)n(Cc1nc(C)c3ccccc3n1)c(=O)n2C. The van der Waals surface area contributed by atoms with E-state index in [4.69, 9.17) is 10.7 Å². The summed E-state index contributed by atoms with van der Waals surface area (Å²) >= 11 is 0. The van der Waals surface area contributed by atoms with Crippen molar-refractivity contribution in [3.8, 4) is 0 Å². The number of hydrogen-bond acceptors (Lipinski definition) is 7. The molecule has 1 fully saturated rings. The number of allylic oxidation sites excluding steroid dienone is 2. The molecule has 2 N–H and O–H groups in total. The lowest BCUT2D eigenvalue weighted by Crippen LogP contribution is -2.44. The summed E-state index contributed by atoms with van der Waals surface area (Å²) in [5.41, 5.74) is 8.87. The summed E-state index contributed by atoms with van der Waals surface area (Å²) in [6, 6.07) is 7.76. The third-order valence-corrected chi connectivity index (χ3v) is 6.77. The molecule has 4 aromatic rings. The topological polar surface area (TPSA) is 117 Å². The number of para-hydroxylation sites is 1. The highest BCUT2D eigenvalue weighted by molar-refractivity contribution is 5.80. The van der Waals surface area contributed by atoms with Crippen molar-refractivity contribution in [2.45, 2.75) is 52.7 Å². The molecule has 4 heterocycles. The first kappa shape index (κ1) is 23.9. The molecule has 0 saturated carbocycles. The van der Waals surface area contributed by atoms with Crippen molar-refractivity contribution >= 4 is 28.0 Å². The van der Waals surface area contributed by atoms with Gasteiger partial charge >= 0.3 is 5.69 Å². The molecule has 0 amide bonds. The van der Waals surface area contributed by atoms with Crippen LogP contribution < -0.4 is 21.9 Å². The minimum atomic E-state index is -0.448. The fourth-order valence-corrected chi connectivity index (χ4v) is 4.89. The molecule has 1 atom stereocenters. The normalized spacial score (nSPS) is 16.1. The molecule has 10 nitrogen and oxygen atoms in total. The zero-order valence-electron chi connectivity index (χ0n) is 21.2. The van der Waals surface area contributed by atoms with Crippen molar-refractivity contribution in [1.29, 1.82) is 0 Å². The Hall–Kier alpha value is -3.79. The number of nitrogens with zero attached hydrogens (tertiary/aromatic N) is 7. The van der Waals surface area contributed by atoms with Crippen LogP contribution >= 0.6 is 0 Å². The standard InChI is InChI=1S/C26H32N8O2/c1-16(2)11-13-33-22-23(30-25(33)32-12-7-8-18(27)14-32)31(4)26(36)34(24(22)35)15-21-28-17(3)19-9-5-6-10-20(19)29-21/h5-6,9-11,18H,7-8,12-15,27H2,1-4H3/t18-/m1/s1. The van der Waals surface area contributed by atoms with Gasteiger partial charge in [0.2, 0.25) is 5.95 Å². The van der Waals surface area contributed by atoms with Crippen molar-refractivity contribution in [3.63, 3.8) is 0 Å². The van der Waals surface area contributed by atoms with E-state index in [2.05, 4.69) is 20.9 Å². The van der Waals surface area contributed by atoms with Gasteiger partial charge < -0.3 is 15.2 Å². The van der Waals surface area contributed by atoms with Gasteiger partial charge in [-0.25, -0.2) is 14.8 Å². The van der Waals surface area contributed by atoms with Crippen molar-refractivity contribution < 1.29 is 0 Å². The van der Waals surface area contributed by atoms with E-state index < -0.39 is 11.2 Å². The molecule has 1 aliphatic heterocycles. The van der Waals surface area contributed by atoms with Crippen LogP contribution in [0.3, 0.4) is 0 Å². The molecule has 5 rings (SSSR count). The second-order valence-corrected chi connectivity index (χ2v) is 9.80. The predicted octanol–water partition coefficient (Wildman–Crippen LogP) is 2.09. The summed E-state index contributed by atoms with van der Waals surface area (Å²) in [4.78, 5) is 43.3. The molecular formula is C26H32N8O2. The smallest absolute Gasteiger partial charge is 0.332 e. The number of aryl methyl sites for hydroxylation is 2. The van der Waals surface area contributed by atoms with E-state index in [1.807, 2.05) is 49.6 Å². The maximum absolute atomic E-state index is 13.8. The number of piperidine rings is 1. The number of hydrogen-bond donors (Lipinski definition) is 1. The van der Waals surface area contributed by atoms with Gasteiger partial charge in [-0.05, 0) is 39.7 Å². The predicted molar refractivity (Wildman–Crippen MR) is 141 cm³/mol. The summed E-state index contributed by atoms with van der Waals surface area (Å²) < 4.78 is 4.56. The first-order chi connectivity index (χ1) is 17.2. The summed E-state index contributed by atoms with van der Waals surface area (Å²) in [5.74, 6) is 1.09. The molecule has 1 saturated heterocycles. The number of fused-ring (bicyclic) bond motifs is 2. The van der Waals surface area contributed by atoms with Crippen molar-refractivity contribution in [3.05, 3.63) is 68.3 Å². The van der Waals surface area contributed by atoms with Crippen molar-refractivity contribution in [2.24, 2.45) is 12.8 Å². The fraction of sp³-hybridized carbons (Fsp3) is 0.423. The van der Waals surface area contributed by atoms with Gasteiger partial charge in [-0.3, -0.25) is 13.9 Å². The lowest BCUT2D eigenvalue weighted by Gasteiger charge is -2.31. The van der Waals surface area contributed by atoms with Gasteiger partial charge in [0.1, 0.15) is 5.82 Å². The van der Waals surface area contributed by atoms with E-state index in [9.17, 15) is 9.59 Å². The maximum atomic E-state index is 13.8. The van der Waals surface area contributed by atoms with Gasteiger partial charge in [-0.1, -0.05) is 29.8 Å². The molecule has 0 spiro atoms. The molecule has 10 heteroatoms. The molecule has 0 aliphatic carbocycles. The average molecular weight is 489 g/mol. The Morgan fingerprint density at radius 3 is 2.67 bits per heavy atom. The van der Waals surface area contributed by atoms with Gasteiger partial charge in [0.05, 0.1) is 12.1 Å². The fourth-order valence-electron chi connectivity index (χ4n) is 4.89. The minimum absolute atomic E-state index is 0.0229. The Labute approximate surface area is 208 Å². The molecule has 0 unspecified atom stereocenters. The minimum Gasteiger partial charge on any atom is -0.341 e. The number of aromatic nitrogens is 6. The highest BCUT2D eigenvalue weighted by atomic mass is 16.2. The Morgan fingerprint density at radius 2 is 1.92 bits per heavy atom. The highest BCUT2D eigenvalue weighted by Gasteiger charge is 2.26. The van der Waals surface area contributed by atoms with Gasteiger partial charge in [0.25, 0.3) is 5.56 Å². The molecule has 1 aliphatic rings. The summed E-state index contributed by atoms with van der Waals surface area (Å²) in [7, 11) is 1.65. The molecule has 188 valence electrons. The van der Waals surface area contributed by atoms with Crippen LogP contribution in [0, 0.1) is 6.92 Å². The van der Waals surface area contributed by atoms with Crippen LogP contribution in [0.4, 0.5) is 5.95 Å². The van der Waals surface area contributed by atoms with Crippen molar-refractivity contribution in [1.82, 2.24) is 28.7 Å². The third-order valence-electron chi connectivity index (χ3n) is 6.77. The largest absolute Gasteiger partial charge is 0.341 e. The molecule has 36 heavy (non-hydrogen) atoms. The van der Waals surface area contributed by atoms with Crippen LogP contribution in [0.2, 0.25) is 0 Å². The average Bonchev–Trinajstić information content (AvgIpc) is 3.24. The molecule has 3 aromatic heterocycles. The zero-order valence-corrected chi connectivity index (χ0v) is 21.2. The second-order valence-electron chi connectivity index (χ2n) is 9.80. The Morgan fingerprint density at radius 1 is 1.14 bits per heavy atom. The van der Waals surface area contributed by atoms with E-state index in [0.29, 0.717) is 36.0 Å². The van der Waals surface area contributed by atoms with Crippen molar-refractivity contribution in [2.75, 3.05) is 18.0 Å². The van der Waals surface area contributed by atoms with E-state index in [-0.39, 0.29) is 12.6 Å². The van der Waals surface area contributed by atoms with Crippen LogP contribution in [0.15, 0.2) is 45.5 Å². The molecule has 1 aromatic carbocycles. The first-order valence-corrected chi connectivity index (χ1v) is 12.3. The Bertz CT molecular complexity index is 1610. The number of nitrogens with two attached hydrogens (primary N) is 1. The quantitative estimate of drug-likeness (QED) is 0.428. The lowest BCUT2D eigenvalue weighted by atomic mass is 10.1. The Balaban J connectivity index is 1.69. The number of rotatable bonds is 5. The van der Waals surface area contributed by atoms with Crippen LogP contribution in [0.25, 0.3) is 22.1 Å². The number of imidazole rings is 1. The number of anilines is 1. The Kier molecular flexibility index (Phi) is 6.21. The van der Waals surface area contributed by atoms with E-state index in [1.165, 1.54) is 9.13 Å². The highest BCUT2D eigenvalue weighted by Crippen LogP contribution is 2.23. The monoisotopic (exact) mass is 488 g/mol. The number of benzene rings is 1. The first-order valence-electron chi connectivity index (χ1n) is 12.3. The van der Waals surface area contributed by atoms with Crippen LogP contribution in [-0.4, -0.2) is 47.8 Å². The van der Waals surface area contributed by atoms with E-state index in [0.717, 1.165) is 41.6 Å². The van der Waals surface area contributed by atoms with Crippen LogP contribution in [-0.2, 0) is 20.1 Å². The van der Waals surface area contributed by atoms with Crippen LogP contribution in [0.1, 0.15) is 38.2 Å². The maximum Gasteiger partial charge on any atom is 0.332 e. The van der Waals surface area contributed by atoms with E-state index >= 15 is 0 Å². The van der Waals surface area contributed by atoms with E-state index in [1.54, 1.807) is 7.05 Å². The summed E-state index contributed by atoms with van der Waals surface area (Å²) in [5, 5.41) is 0.945. The lowest BCUT2D eigenvalue weighted by molar-refractivity contribution is 0.495. The van der Waals surface area contributed by atoms with Gasteiger partial charge in [0, 0.05) is 43.8 Å². The van der Waals surface area contributed by atoms with Gasteiger partial charge in [-0.2, -0.15) is 4.98 Å².